The maximum atomic E-state index is 12.4. The fourth-order valence-electron chi connectivity index (χ4n) is 3.35. The molecular formula is C18H27N3O. The Balaban J connectivity index is 1.52. The summed E-state index contributed by atoms with van der Waals surface area (Å²) in [6.07, 6.45) is 5.03. The average molecular weight is 301 g/mol. The third kappa shape index (κ3) is 3.50. The lowest BCUT2D eigenvalue weighted by molar-refractivity contribution is -0.135. The van der Waals surface area contributed by atoms with E-state index >= 15 is 0 Å². The summed E-state index contributed by atoms with van der Waals surface area (Å²) < 4.78 is 0. The van der Waals surface area contributed by atoms with E-state index in [4.69, 9.17) is 5.73 Å². The molecule has 2 N–H and O–H groups in total. The third-order valence-electron chi connectivity index (χ3n) is 5.12. The van der Waals surface area contributed by atoms with Crippen molar-refractivity contribution in [1.82, 2.24) is 9.80 Å². The molecule has 1 saturated heterocycles. The summed E-state index contributed by atoms with van der Waals surface area (Å²) in [5, 5.41) is 0. The van der Waals surface area contributed by atoms with Crippen molar-refractivity contribution in [3.8, 4) is 0 Å². The number of hydrogen-bond donors (Lipinski definition) is 1. The summed E-state index contributed by atoms with van der Waals surface area (Å²) in [6, 6.07) is 10.9. The second kappa shape index (κ2) is 6.39. The van der Waals surface area contributed by atoms with Crippen molar-refractivity contribution in [1.29, 1.82) is 0 Å². The maximum Gasteiger partial charge on any atom is 0.242 e. The van der Waals surface area contributed by atoms with Crippen molar-refractivity contribution in [3.63, 3.8) is 0 Å². The Morgan fingerprint density at radius 3 is 2.77 bits per heavy atom. The van der Waals surface area contributed by atoms with Crippen LogP contribution in [0, 0.1) is 0 Å². The number of likely N-dealkylation sites (N-methyl/N-ethyl adjacent to an activating group) is 1. The van der Waals surface area contributed by atoms with Crippen molar-refractivity contribution < 1.29 is 4.79 Å². The molecular weight excluding hydrogens is 274 g/mol. The van der Waals surface area contributed by atoms with E-state index in [0.29, 0.717) is 6.04 Å². The molecule has 0 unspecified atom stereocenters. The van der Waals surface area contributed by atoms with Crippen LogP contribution in [0.25, 0.3) is 0 Å². The summed E-state index contributed by atoms with van der Waals surface area (Å²) in [4.78, 5) is 16.8. The number of hydrogen-bond acceptors (Lipinski definition) is 3. The van der Waals surface area contributed by atoms with Crippen molar-refractivity contribution >= 4 is 5.91 Å². The van der Waals surface area contributed by atoms with Crippen molar-refractivity contribution in [3.05, 3.63) is 35.9 Å². The molecule has 1 aliphatic carbocycles. The topological polar surface area (TPSA) is 49.6 Å². The molecule has 1 aromatic rings. The highest BCUT2D eigenvalue weighted by Gasteiger charge is 2.48. The SMILES string of the molecule is CN(C(=O)C1(N)CC1)[C@H]1CCCN(CCc2ccccc2)C1. The summed E-state index contributed by atoms with van der Waals surface area (Å²) in [7, 11) is 1.93. The van der Waals surface area contributed by atoms with Crippen molar-refractivity contribution in [2.45, 2.75) is 43.7 Å². The van der Waals surface area contributed by atoms with E-state index in [2.05, 4.69) is 35.2 Å². The molecule has 1 amide bonds. The van der Waals surface area contributed by atoms with Gasteiger partial charge in [0.25, 0.3) is 0 Å². The number of piperidine rings is 1. The van der Waals surface area contributed by atoms with E-state index in [-0.39, 0.29) is 5.91 Å². The molecule has 1 aromatic carbocycles. The lowest BCUT2D eigenvalue weighted by Gasteiger charge is -2.38. The fraction of sp³-hybridized carbons (Fsp3) is 0.611. The van der Waals surface area contributed by atoms with Crippen LogP contribution in [-0.2, 0) is 11.2 Å². The van der Waals surface area contributed by atoms with Gasteiger partial charge in [0.1, 0.15) is 0 Å². The molecule has 2 fully saturated rings. The minimum Gasteiger partial charge on any atom is -0.340 e. The van der Waals surface area contributed by atoms with Crippen LogP contribution in [0.5, 0.6) is 0 Å². The molecule has 0 aromatic heterocycles. The lowest BCUT2D eigenvalue weighted by atomic mass is 10.0. The van der Waals surface area contributed by atoms with Gasteiger partial charge in [-0.15, -0.1) is 0 Å². The highest BCUT2D eigenvalue weighted by Crippen LogP contribution is 2.34. The first-order chi connectivity index (χ1) is 10.6. The summed E-state index contributed by atoms with van der Waals surface area (Å²) in [6.45, 7) is 3.18. The molecule has 1 saturated carbocycles. The van der Waals surface area contributed by atoms with Gasteiger partial charge in [0.15, 0.2) is 0 Å². The van der Waals surface area contributed by atoms with Gasteiger partial charge >= 0.3 is 0 Å². The molecule has 22 heavy (non-hydrogen) atoms. The number of nitrogens with two attached hydrogens (primary N) is 1. The van der Waals surface area contributed by atoms with E-state index in [1.165, 1.54) is 5.56 Å². The number of carbonyl (C=O) groups excluding carboxylic acids is 1. The predicted octanol–water partition coefficient (Wildman–Crippen LogP) is 1.64. The van der Waals surface area contributed by atoms with Gasteiger partial charge in [0.2, 0.25) is 5.91 Å². The average Bonchev–Trinajstić information content (AvgIpc) is 3.32. The van der Waals surface area contributed by atoms with Gasteiger partial charge in [-0.1, -0.05) is 30.3 Å². The Labute approximate surface area is 133 Å². The molecule has 0 radical (unpaired) electrons. The number of benzene rings is 1. The molecule has 0 bridgehead atoms. The Morgan fingerprint density at radius 1 is 1.36 bits per heavy atom. The number of rotatable bonds is 5. The normalized spacial score (nSPS) is 24.0. The quantitative estimate of drug-likeness (QED) is 0.899. The Hall–Kier alpha value is -1.39. The van der Waals surface area contributed by atoms with Gasteiger partial charge < -0.3 is 15.5 Å². The van der Waals surface area contributed by atoms with Crippen LogP contribution >= 0.6 is 0 Å². The second-order valence-electron chi connectivity index (χ2n) is 6.90. The van der Waals surface area contributed by atoms with Gasteiger partial charge in [-0.3, -0.25) is 4.79 Å². The second-order valence-corrected chi connectivity index (χ2v) is 6.90. The first-order valence-corrected chi connectivity index (χ1v) is 8.41. The minimum atomic E-state index is -0.541. The van der Waals surface area contributed by atoms with Gasteiger partial charge in [-0.05, 0) is 44.2 Å². The Bertz CT molecular complexity index is 512. The standard InChI is InChI=1S/C18H27N3O/c1-20(17(22)18(19)10-11-18)16-8-5-12-21(14-16)13-9-15-6-3-2-4-7-15/h2-4,6-7,16H,5,8-14,19H2,1H3/t16-/m0/s1. The van der Waals surface area contributed by atoms with E-state index in [1.807, 2.05) is 11.9 Å². The summed E-state index contributed by atoms with van der Waals surface area (Å²) in [5.41, 5.74) is 6.90. The van der Waals surface area contributed by atoms with E-state index in [0.717, 1.165) is 51.7 Å². The van der Waals surface area contributed by atoms with Gasteiger partial charge in [0.05, 0.1) is 5.54 Å². The van der Waals surface area contributed by atoms with E-state index < -0.39 is 5.54 Å². The first-order valence-electron chi connectivity index (χ1n) is 8.41. The van der Waals surface area contributed by atoms with Gasteiger partial charge in [-0.25, -0.2) is 0 Å². The van der Waals surface area contributed by atoms with E-state index in [9.17, 15) is 4.79 Å². The van der Waals surface area contributed by atoms with Crippen LogP contribution in [-0.4, -0.2) is 54.0 Å². The summed E-state index contributed by atoms with van der Waals surface area (Å²) >= 11 is 0. The van der Waals surface area contributed by atoms with Crippen molar-refractivity contribution in [2.24, 2.45) is 5.73 Å². The maximum absolute atomic E-state index is 12.4. The van der Waals surface area contributed by atoms with Crippen LogP contribution in [0.2, 0.25) is 0 Å². The van der Waals surface area contributed by atoms with Crippen LogP contribution in [0.15, 0.2) is 30.3 Å². The monoisotopic (exact) mass is 301 g/mol. The molecule has 120 valence electrons. The zero-order valence-electron chi connectivity index (χ0n) is 13.5. The molecule has 4 heteroatoms. The largest absolute Gasteiger partial charge is 0.340 e. The minimum absolute atomic E-state index is 0.141. The third-order valence-corrected chi connectivity index (χ3v) is 5.12. The molecule has 1 atom stereocenters. The number of likely N-dealkylation sites (tertiary alicyclic amines) is 1. The van der Waals surface area contributed by atoms with Gasteiger partial charge in [-0.2, -0.15) is 0 Å². The molecule has 1 aliphatic heterocycles. The highest BCUT2D eigenvalue weighted by molar-refractivity contribution is 5.89. The van der Waals surface area contributed by atoms with Crippen LogP contribution in [0.4, 0.5) is 0 Å². The lowest BCUT2D eigenvalue weighted by Crippen LogP contribution is -2.53. The zero-order valence-corrected chi connectivity index (χ0v) is 13.5. The summed E-state index contributed by atoms with van der Waals surface area (Å²) in [5.74, 6) is 0.141. The van der Waals surface area contributed by atoms with Crippen LogP contribution in [0.3, 0.4) is 0 Å². The fourth-order valence-corrected chi connectivity index (χ4v) is 3.35. The van der Waals surface area contributed by atoms with Crippen LogP contribution < -0.4 is 5.73 Å². The smallest absolute Gasteiger partial charge is 0.242 e. The number of carbonyl (C=O) groups is 1. The first kappa shape index (κ1) is 15.5. The Kier molecular flexibility index (Phi) is 4.50. The predicted molar refractivity (Wildman–Crippen MR) is 88.5 cm³/mol. The number of nitrogens with zero attached hydrogens (tertiary/aromatic N) is 2. The molecule has 2 aliphatic rings. The number of amides is 1. The molecule has 1 heterocycles. The van der Waals surface area contributed by atoms with Gasteiger partial charge in [0, 0.05) is 26.2 Å². The highest BCUT2D eigenvalue weighted by atomic mass is 16.2. The Morgan fingerprint density at radius 2 is 2.09 bits per heavy atom. The van der Waals surface area contributed by atoms with Crippen LogP contribution in [0.1, 0.15) is 31.2 Å². The molecule has 3 rings (SSSR count). The van der Waals surface area contributed by atoms with Crippen molar-refractivity contribution in [2.75, 3.05) is 26.7 Å². The zero-order chi connectivity index (χ0) is 15.6. The molecule has 4 nitrogen and oxygen atoms in total. The molecule has 0 spiro atoms. The van der Waals surface area contributed by atoms with E-state index in [1.54, 1.807) is 0 Å².